The third-order valence-electron chi connectivity index (χ3n) is 5.54. The molecule has 0 fully saturated rings. The fraction of sp³-hybridized carbons (Fsp3) is 0.200. The predicted molar refractivity (Wildman–Crippen MR) is 122 cm³/mol. The molecular weight excluding hydrogens is 429 g/mol. The number of aliphatic hydroxyl groups excluding tert-OH is 1. The van der Waals surface area contributed by atoms with Crippen LogP contribution in [0.2, 0.25) is 0 Å². The first-order valence-corrected chi connectivity index (χ1v) is 11.6. The molecule has 4 rings (SSSR count). The summed E-state index contributed by atoms with van der Waals surface area (Å²) < 4.78 is 46.3. The molecule has 0 aliphatic heterocycles. The summed E-state index contributed by atoms with van der Waals surface area (Å²) in [6.07, 6.45) is 0.554. The van der Waals surface area contributed by atoms with E-state index < -0.39 is 34.7 Å². The molecule has 5 nitrogen and oxygen atoms in total. The summed E-state index contributed by atoms with van der Waals surface area (Å²) >= 11 is 0. The highest BCUT2D eigenvalue weighted by Crippen LogP contribution is 2.30. The molecule has 7 heteroatoms. The largest absolute Gasteiger partial charge is 0.388 e. The van der Waals surface area contributed by atoms with Gasteiger partial charge in [0.15, 0.2) is 0 Å². The molecule has 32 heavy (non-hydrogen) atoms. The van der Waals surface area contributed by atoms with E-state index in [0.717, 1.165) is 22.0 Å². The van der Waals surface area contributed by atoms with Crippen LogP contribution in [-0.4, -0.2) is 30.8 Å². The number of aryl methyl sites for hydroxylation is 2. The minimum Gasteiger partial charge on any atom is -0.388 e. The Morgan fingerprint density at radius 2 is 1.72 bits per heavy atom. The zero-order valence-electron chi connectivity index (χ0n) is 17.8. The van der Waals surface area contributed by atoms with E-state index in [-0.39, 0.29) is 4.90 Å². The van der Waals surface area contributed by atoms with Crippen molar-refractivity contribution in [2.45, 2.75) is 30.9 Å². The Morgan fingerprint density at radius 3 is 2.44 bits per heavy atom. The molecule has 0 aliphatic rings. The average molecular weight is 454 g/mol. The monoisotopic (exact) mass is 453 g/mol. The van der Waals surface area contributed by atoms with E-state index in [2.05, 4.69) is 0 Å². The van der Waals surface area contributed by atoms with Crippen molar-refractivity contribution < 1.29 is 22.1 Å². The van der Waals surface area contributed by atoms with E-state index in [0.29, 0.717) is 5.56 Å². The lowest BCUT2D eigenvalue weighted by molar-refractivity contribution is 0.0784. The van der Waals surface area contributed by atoms with E-state index in [1.54, 1.807) is 24.3 Å². The van der Waals surface area contributed by atoms with E-state index in [9.17, 15) is 17.9 Å². The molecule has 1 aromatic heterocycles. The SMILES string of the molecule is Cc1ccc(S(=O)(=O)OCC(O)C(c2cccc(F)c2)n2ccc3c(C)cccc32)cc1. The van der Waals surface area contributed by atoms with Gasteiger partial charge in [0.2, 0.25) is 0 Å². The normalized spacial score (nSPS) is 13.9. The number of rotatable bonds is 7. The molecule has 0 amide bonds. The van der Waals surface area contributed by atoms with Crippen molar-refractivity contribution in [3.8, 4) is 0 Å². The first-order chi connectivity index (χ1) is 15.3. The number of nitrogens with zero attached hydrogens (tertiary/aromatic N) is 1. The zero-order valence-corrected chi connectivity index (χ0v) is 18.6. The summed E-state index contributed by atoms with van der Waals surface area (Å²) in [5.41, 5.74) is 3.34. The second kappa shape index (κ2) is 8.86. The summed E-state index contributed by atoms with van der Waals surface area (Å²) in [6, 6.07) is 19.2. The molecule has 166 valence electrons. The quantitative estimate of drug-likeness (QED) is 0.410. The van der Waals surface area contributed by atoms with Gasteiger partial charge in [-0.25, -0.2) is 4.39 Å². The van der Waals surface area contributed by atoms with Crippen molar-refractivity contribution in [2.24, 2.45) is 0 Å². The topological polar surface area (TPSA) is 68.5 Å². The van der Waals surface area contributed by atoms with Crippen molar-refractivity contribution in [1.29, 1.82) is 0 Å². The van der Waals surface area contributed by atoms with Crippen LogP contribution in [0.15, 0.2) is 83.9 Å². The maximum Gasteiger partial charge on any atom is 0.297 e. The Balaban J connectivity index is 1.68. The Labute approximate surface area is 186 Å². The first-order valence-electron chi connectivity index (χ1n) is 10.2. The van der Waals surface area contributed by atoms with Crippen LogP contribution in [0.1, 0.15) is 22.7 Å². The fourth-order valence-electron chi connectivity index (χ4n) is 3.87. The van der Waals surface area contributed by atoms with Gasteiger partial charge in [-0.2, -0.15) is 8.42 Å². The molecule has 2 atom stereocenters. The Kier molecular flexibility index (Phi) is 6.15. The molecule has 1 N–H and O–H groups in total. The van der Waals surface area contributed by atoms with E-state index in [1.807, 2.05) is 48.9 Å². The summed E-state index contributed by atoms with van der Waals surface area (Å²) in [5.74, 6) is -0.444. The Morgan fingerprint density at radius 1 is 1.00 bits per heavy atom. The maximum absolute atomic E-state index is 14.0. The van der Waals surface area contributed by atoms with E-state index in [1.165, 1.54) is 24.3 Å². The third kappa shape index (κ3) is 4.46. The number of aromatic nitrogens is 1. The van der Waals surface area contributed by atoms with Crippen molar-refractivity contribution in [3.05, 3.63) is 102 Å². The van der Waals surface area contributed by atoms with Gasteiger partial charge < -0.3 is 9.67 Å². The van der Waals surface area contributed by atoms with Gasteiger partial charge in [-0.15, -0.1) is 0 Å². The van der Waals surface area contributed by atoms with Crippen LogP contribution >= 0.6 is 0 Å². The highest BCUT2D eigenvalue weighted by molar-refractivity contribution is 7.86. The molecule has 2 unspecified atom stereocenters. The Bertz CT molecular complexity index is 1350. The van der Waals surface area contributed by atoms with E-state index in [4.69, 9.17) is 4.18 Å². The van der Waals surface area contributed by atoms with Crippen molar-refractivity contribution >= 4 is 21.0 Å². The van der Waals surface area contributed by atoms with Crippen LogP contribution in [-0.2, 0) is 14.3 Å². The maximum atomic E-state index is 14.0. The lowest BCUT2D eigenvalue weighted by Gasteiger charge is -2.26. The Hall–Kier alpha value is -3.00. The average Bonchev–Trinajstić information content (AvgIpc) is 3.18. The van der Waals surface area contributed by atoms with Crippen LogP contribution in [0.3, 0.4) is 0 Å². The van der Waals surface area contributed by atoms with Gasteiger partial charge in [-0.3, -0.25) is 4.18 Å². The smallest absolute Gasteiger partial charge is 0.297 e. The number of aliphatic hydroxyl groups is 1. The van der Waals surface area contributed by atoms with Gasteiger partial charge in [-0.1, -0.05) is 42.0 Å². The highest BCUT2D eigenvalue weighted by atomic mass is 32.2. The highest BCUT2D eigenvalue weighted by Gasteiger charge is 2.27. The molecule has 0 spiro atoms. The zero-order chi connectivity index (χ0) is 22.9. The van der Waals surface area contributed by atoms with Gasteiger partial charge >= 0.3 is 0 Å². The molecule has 0 saturated carbocycles. The number of benzene rings is 3. The number of hydrogen-bond donors (Lipinski definition) is 1. The van der Waals surface area contributed by atoms with Gasteiger partial charge in [0.05, 0.1) is 17.5 Å². The first kappa shape index (κ1) is 22.2. The summed E-state index contributed by atoms with van der Waals surface area (Å²) in [6.45, 7) is 3.36. The fourth-order valence-corrected chi connectivity index (χ4v) is 4.79. The van der Waals surface area contributed by atoms with Crippen LogP contribution < -0.4 is 0 Å². The van der Waals surface area contributed by atoms with E-state index >= 15 is 0 Å². The standard InChI is InChI=1S/C25H24FNO4S/c1-17-9-11-21(12-10-17)32(29,30)31-16-24(28)25(19-6-4-7-20(26)15-19)27-14-13-22-18(2)5-3-8-23(22)27/h3-15,24-25,28H,16H2,1-2H3. The third-order valence-corrected chi connectivity index (χ3v) is 6.83. The summed E-state index contributed by atoms with van der Waals surface area (Å²) in [5, 5.41) is 12.1. The molecule has 0 saturated heterocycles. The van der Waals surface area contributed by atoms with Crippen LogP contribution in [0.5, 0.6) is 0 Å². The number of fused-ring (bicyclic) bond motifs is 1. The molecule has 0 radical (unpaired) electrons. The van der Waals surface area contributed by atoms with Crippen molar-refractivity contribution in [2.75, 3.05) is 6.61 Å². The molecular formula is C25H24FNO4S. The predicted octanol–water partition coefficient (Wildman–Crippen LogP) is 4.75. The lowest BCUT2D eigenvalue weighted by Crippen LogP contribution is -2.30. The molecule has 3 aromatic carbocycles. The second-order valence-electron chi connectivity index (χ2n) is 7.85. The van der Waals surface area contributed by atoms with Crippen molar-refractivity contribution in [1.82, 2.24) is 4.57 Å². The number of halogens is 1. The molecule has 1 heterocycles. The summed E-state index contributed by atoms with van der Waals surface area (Å²) in [4.78, 5) is 0.0136. The van der Waals surface area contributed by atoms with Crippen LogP contribution in [0, 0.1) is 19.7 Å². The molecule has 4 aromatic rings. The van der Waals surface area contributed by atoms with Crippen LogP contribution in [0.25, 0.3) is 10.9 Å². The van der Waals surface area contributed by atoms with Gasteiger partial charge in [-0.05, 0) is 61.4 Å². The van der Waals surface area contributed by atoms with Crippen molar-refractivity contribution in [3.63, 3.8) is 0 Å². The molecule has 0 bridgehead atoms. The minimum atomic E-state index is -4.06. The summed E-state index contributed by atoms with van der Waals surface area (Å²) in [7, 11) is -4.06. The van der Waals surface area contributed by atoms with Gasteiger partial charge in [0, 0.05) is 17.1 Å². The minimum absolute atomic E-state index is 0.0136. The molecule has 0 aliphatic carbocycles. The van der Waals surface area contributed by atoms with Gasteiger partial charge in [0.1, 0.15) is 11.9 Å². The van der Waals surface area contributed by atoms with Crippen LogP contribution in [0.4, 0.5) is 4.39 Å². The van der Waals surface area contributed by atoms with Gasteiger partial charge in [0.25, 0.3) is 10.1 Å². The lowest BCUT2D eigenvalue weighted by atomic mass is 10.0. The second-order valence-corrected chi connectivity index (χ2v) is 9.46. The number of hydrogen-bond acceptors (Lipinski definition) is 4.